The highest BCUT2D eigenvalue weighted by atomic mass is 32.2. The Hall–Kier alpha value is -2.79. The number of amides is 1. The molecule has 0 spiro atoms. The summed E-state index contributed by atoms with van der Waals surface area (Å²) in [4.78, 5) is 29.6. The van der Waals surface area contributed by atoms with Crippen LogP contribution < -0.4 is 15.8 Å². The third-order valence-corrected chi connectivity index (χ3v) is 7.01. The molecule has 1 aromatic heterocycles. The Bertz CT molecular complexity index is 1130. The number of nitrogens with zero attached hydrogens (tertiary/aromatic N) is 1. The molecule has 11 heteroatoms. The van der Waals surface area contributed by atoms with Crippen molar-refractivity contribution in [1.29, 1.82) is 0 Å². The summed E-state index contributed by atoms with van der Waals surface area (Å²) in [7, 11) is -2.56. The van der Waals surface area contributed by atoms with E-state index in [4.69, 9.17) is 9.57 Å². The van der Waals surface area contributed by atoms with Crippen LogP contribution in [0.25, 0.3) is 11.1 Å². The third kappa shape index (κ3) is 5.28. The molecule has 0 saturated carbocycles. The standard InChI is InChI=1S/C20H24F2N2O6S/c1-5-30-23-19(26)20(2,31(4,27)28)8-9-24-12-17(22)15(11-18(24)25)14-7-6-13(29-3)10-16(14)21/h6-7,10-12H,5,8-9H2,1-4H3,(H,23,26). The van der Waals surface area contributed by atoms with Crippen LogP contribution in [0.4, 0.5) is 8.78 Å². The van der Waals surface area contributed by atoms with E-state index in [0.717, 1.165) is 29.2 Å². The van der Waals surface area contributed by atoms with E-state index in [1.165, 1.54) is 26.2 Å². The minimum atomic E-state index is -3.91. The molecule has 0 radical (unpaired) electrons. The number of hydrogen-bond acceptors (Lipinski definition) is 6. The van der Waals surface area contributed by atoms with Gasteiger partial charge in [0, 0.05) is 42.3 Å². The maximum absolute atomic E-state index is 14.7. The van der Waals surface area contributed by atoms with Crippen LogP contribution in [-0.2, 0) is 26.0 Å². The highest BCUT2D eigenvalue weighted by Gasteiger charge is 2.43. The molecule has 0 aliphatic heterocycles. The van der Waals surface area contributed by atoms with Crippen molar-refractivity contribution in [3.63, 3.8) is 0 Å². The van der Waals surface area contributed by atoms with Crippen LogP contribution in [0.15, 0.2) is 35.3 Å². The topological polar surface area (TPSA) is 104 Å². The van der Waals surface area contributed by atoms with Crippen LogP contribution in [-0.4, -0.2) is 43.6 Å². The van der Waals surface area contributed by atoms with Crippen LogP contribution in [0.1, 0.15) is 20.3 Å². The number of halogens is 2. The molecule has 1 N–H and O–H groups in total. The molecule has 170 valence electrons. The Morgan fingerprint density at radius 2 is 1.87 bits per heavy atom. The fraction of sp³-hybridized carbons (Fsp3) is 0.400. The number of hydroxylamine groups is 1. The van der Waals surface area contributed by atoms with Gasteiger partial charge in [-0.15, -0.1) is 0 Å². The summed E-state index contributed by atoms with van der Waals surface area (Å²) in [5.74, 6) is -2.32. The first-order valence-electron chi connectivity index (χ1n) is 9.30. The van der Waals surface area contributed by atoms with Crippen molar-refractivity contribution in [2.24, 2.45) is 0 Å². The molecule has 8 nitrogen and oxygen atoms in total. The number of pyridine rings is 1. The van der Waals surface area contributed by atoms with Gasteiger partial charge in [-0.2, -0.15) is 0 Å². The Balaban J connectivity index is 2.35. The number of carbonyl (C=O) groups is 1. The van der Waals surface area contributed by atoms with E-state index in [9.17, 15) is 26.8 Å². The monoisotopic (exact) mass is 458 g/mol. The van der Waals surface area contributed by atoms with Crippen molar-refractivity contribution >= 4 is 15.7 Å². The lowest BCUT2D eigenvalue weighted by Crippen LogP contribution is -2.50. The van der Waals surface area contributed by atoms with Gasteiger partial charge < -0.3 is 9.30 Å². The molecule has 1 amide bonds. The second-order valence-electron chi connectivity index (χ2n) is 7.03. The SMILES string of the molecule is CCONC(=O)C(C)(CCn1cc(F)c(-c2ccc(OC)cc2F)cc1=O)S(C)(=O)=O. The molecular weight excluding hydrogens is 434 g/mol. The Labute approximate surface area is 178 Å². The summed E-state index contributed by atoms with van der Waals surface area (Å²) >= 11 is 0. The first-order chi connectivity index (χ1) is 14.4. The lowest BCUT2D eigenvalue weighted by molar-refractivity contribution is -0.135. The van der Waals surface area contributed by atoms with Gasteiger partial charge in [-0.1, -0.05) is 0 Å². The van der Waals surface area contributed by atoms with Crippen LogP contribution in [0.2, 0.25) is 0 Å². The Kier molecular flexibility index (Phi) is 7.55. The number of sulfone groups is 1. The highest BCUT2D eigenvalue weighted by Crippen LogP contribution is 2.28. The number of benzene rings is 1. The van der Waals surface area contributed by atoms with Gasteiger partial charge in [-0.3, -0.25) is 14.4 Å². The summed E-state index contributed by atoms with van der Waals surface area (Å²) in [6.07, 6.45) is 1.42. The normalized spacial score (nSPS) is 13.5. The van der Waals surface area contributed by atoms with E-state index in [1.807, 2.05) is 0 Å². The number of carbonyl (C=O) groups excluding carboxylic acids is 1. The van der Waals surface area contributed by atoms with E-state index in [-0.39, 0.29) is 36.4 Å². The first kappa shape index (κ1) is 24.5. The van der Waals surface area contributed by atoms with E-state index in [1.54, 1.807) is 6.92 Å². The van der Waals surface area contributed by atoms with E-state index >= 15 is 0 Å². The van der Waals surface area contributed by atoms with Crippen molar-refractivity contribution in [3.8, 4) is 16.9 Å². The minimum absolute atomic E-state index is 0.125. The number of rotatable bonds is 9. The van der Waals surface area contributed by atoms with Gasteiger partial charge in [0.15, 0.2) is 14.6 Å². The number of aryl methyl sites for hydroxylation is 1. The van der Waals surface area contributed by atoms with E-state index in [2.05, 4.69) is 5.48 Å². The molecule has 31 heavy (non-hydrogen) atoms. The van der Waals surface area contributed by atoms with Gasteiger partial charge >= 0.3 is 0 Å². The molecule has 0 saturated heterocycles. The molecule has 0 fully saturated rings. The summed E-state index contributed by atoms with van der Waals surface area (Å²) in [6, 6.07) is 4.69. The molecular formula is C20H24F2N2O6S. The number of nitrogens with one attached hydrogen (secondary N) is 1. The second kappa shape index (κ2) is 9.56. The van der Waals surface area contributed by atoms with Gasteiger partial charge in [0.05, 0.1) is 13.7 Å². The quantitative estimate of drug-likeness (QED) is 0.577. The predicted molar refractivity (Wildman–Crippen MR) is 110 cm³/mol. The molecule has 1 aromatic carbocycles. The van der Waals surface area contributed by atoms with Crippen molar-refractivity contribution in [1.82, 2.24) is 10.0 Å². The van der Waals surface area contributed by atoms with Crippen molar-refractivity contribution < 1.29 is 31.6 Å². The van der Waals surface area contributed by atoms with Gasteiger partial charge in [-0.25, -0.2) is 22.7 Å². The van der Waals surface area contributed by atoms with Crippen LogP contribution in [0.3, 0.4) is 0 Å². The molecule has 0 bridgehead atoms. The average Bonchev–Trinajstić information content (AvgIpc) is 2.71. The molecule has 1 heterocycles. The number of methoxy groups -OCH3 is 1. The van der Waals surface area contributed by atoms with Gasteiger partial charge in [-0.05, 0) is 32.4 Å². The molecule has 1 unspecified atom stereocenters. The van der Waals surface area contributed by atoms with E-state index < -0.39 is 37.7 Å². The second-order valence-corrected chi connectivity index (χ2v) is 9.48. The summed E-state index contributed by atoms with van der Waals surface area (Å²) in [5.41, 5.74) is 0.995. The number of hydrogen-bond donors (Lipinski definition) is 1. The maximum Gasteiger partial charge on any atom is 0.264 e. The summed E-state index contributed by atoms with van der Waals surface area (Å²) in [6.45, 7) is 2.65. The number of ether oxygens (including phenoxy) is 1. The summed E-state index contributed by atoms with van der Waals surface area (Å²) in [5, 5.41) is 0. The minimum Gasteiger partial charge on any atom is -0.497 e. The number of aromatic nitrogens is 1. The zero-order chi connectivity index (χ0) is 23.4. The van der Waals surface area contributed by atoms with Gasteiger partial charge in [0.2, 0.25) is 0 Å². The van der Waals surface area contributed by atoms with Crippen LogP contribution in [0.5, 0.6) is 5.75 Å². The van der Waals surface area contributed by atoms with Gasteiger partial charge in [0.25, 0.3) is 11.5 Å². The summed E-state index contributed by atoms with van der Waals surface area (Å²) < 4.78 is 57.3. The maximum atomic E-state index is 14.7. The lowest BCUT2D eigenvalue weighted by Gasteiger charge is -2.26. The zero-order valence-electron chi connectivity index (χ0n) is 17.6. The smallest absolute Gasteiger partial charge is 0.264 e. The molecule has 2 rings (SSSR count). The lowest BCUT2D eigenvalue weighted by atomic mass is 10.0. The fourth-order valence-corrected chi connectivity index (χ4v) is 3.65. The Morgan fingerprint density at radius 1 is 1.19 bits per heavy atom. The molecule has 2 aromatic rings. The average molecular weight is 458 g/mol. The van der Waals surface area contributed by atoms with Crippen molar-refractivity contribution in [2.45, 2.75) is 31.6 Å². The highest BCUT2D eigenvalue weighted by molar-refractivity contribution is 7.92. The largest absolute Gasteiger partial charge is 0.497 e. The van der Waals surface area contributed by atoms with Gasteiger partial charge in [0.1, 0.15) is 17.4 Å². The van der Waals surface area contributed by atoms with Crippen molar-refractivity contribution in [2.75, 3.05) is 20.0 Å². The Morgan fingerprint density at radius 3 is 2.42 bits per heavy atom. The van der Waals surface area contributed by atoms with Crippen LogP contribution >= 0.6 is 0 Å². The molecule has 0 aliphatic rings. The van der Waals surface area contributed by atoms with Crippen LogP contribution in [0, 0.1) is 11.6 Å². The molecule has 0 aliphatic carbocycles. The first-order valence-corrected chi connectivity index (χ1v) is 11.2. The third-order valence-electron chi connectivity index (χ3n) is 4.98. The molecule has 1 atom stereocenters. The van der Waals surface area contributed by atoms with E-state index in [0.29, 0.717) is 0 Å². The predicted octanol–water partition coefficient (Wildman–Crippen LogP) is 2.06. The zero-order valence-corrected chi connectivity index (χ0v) is 18.4. The van der Waals surface area contributed by atoms with Crippen molar-refractivity contribution in [3.05, 3.63) is 52.5 Å². The fourth-order valence-electron chi connectivity index (χ4n) is 2.81.